The average Bonchev–Trinajstić information content (AvgIpc) is 2.60. The molecule has 0 aliphatic heterocycles. The summed E-state index contributed by atoms with van der Waals surface area (Å²) < 4.78 is 5.61. The highest BCUT2D eigenvalue weighted by molar-refractivity contribution is 5.96. The molecule has 6 heteroatoms. The summed E-state index contributed by atoms with van der Waals surface area (Å²) in [5.74, 6) is 0.601. The van der Waals surface area contributed by atoms with Crippen LogP contribution in [-0.4, -0.2) is 24.1 Å². The standard InChI is InChI=1S/C21H27N3O3/c1-14(2)23-21(26)24-18-7-5-6-17(12-18)20(25)22-13-16-8-10-19(11-9-16)27-15(3)4/h5-12,14-15H,13H2,1-4H3,(H,22,25)(H2,23,24,26). The van der Waals surface area contributed by atoms with Crippen LogP contribution in [0.3, 0.4) is 0 Å². The molecular formula is C21H27N3O3. The van der Waals surface area contributed by atoms with E-state index < -0.39 is 0 Å². The zero-order chi connectivity index (χ0) is 19.8. The number of ether oxygens (including phenoxy) is 1. The zero-order valence-electron chi connectivity index (χ0n) is 16.2. The number of carbonyl (C=O) groups excluding carboxylic acids is 2. The third kappa shape index (κ3) is 7.01. The quantitative estimate of drug-likeness (QED) is 0.692. The Labute approximate surface area is 160 Å². The smallest absolute Gasteiger partial charge is 0.319 e. The fourth-order valence-electron chi connectivity index (χ4n) is 2.41. The first kappa shape index (κ1) is 20.3. The summed E-state index contributed by atoms with van der Waals surface area (Å²) in [7, 11) is 0. The lowest BCUT2D eigenvalue weighted by Gasteiger charge is -2.12. The van der Waals surface area contributed by atoms with Crippen molar-refractivity contribution in [3.63, 3.8) is 0 Å². The summed E-state index contributed by atoms with van der Waals surface area (Å²) in [5, 5.41) is 8.34. The molecule has 0 bridgehead atoms. The van der Waals surface area contributed by atoms with Gasteiger partial charge in [0.15, 0.2) is 0 Å². The van der Waals surface area contributed by atoms with Crippen molar-refractivity contribution in [3.8, 4) is 5.75 Å². The molecule has 0 atom stereocenters. The van der Waals surface area contributed by atoms with Crippen LogP contribution in [-0.2, 0) is 6.54 Å². The van der Waals surface area contributed by atoms with Gasteiger partial charge in [-0.15, -0.1) is 0 Å². The number of amides is 3. The normalized spacial score (nSPS) is 10.6. The van der Waals surface area contributed by atoms with Crippen molar-refractivity contribution in [1.82, 2.24) is 10.6 Å². The van der Waals surface area contributed by atoms with E-state index in [2.05, 4.69) is 16.0 Å². The Kier molecular flexibility index (Phi) is 7.23. The molecule has 2 rings (SSSR count). The van der Waals surface area contributed by atoms with E-state index in [9.17, 15) is 9.59 Å². The number of hydrogen-bond donors (Lipinski definition) is 3. The maximum atomic E-state index is 12.4. The Bertz CT molecular complexity index is 770. The molecule has 144 valence electrons. The molecule has 0 aromatic heterocycles. The summed E-state index contributed by atoms with van der Waals surface area (Å²) in [6.07, 6.45) is 0.124. The highest BCUT2D eigenvalue weighted by Crippen LogP contribution is 2.14. The monoisotopic (exact) mass is 369 g/mol. The predicted octanol–water partition coefficient (Wildman–Crippen LogP) is 3.93. The van der Waals surface area contributed by atoms with Crippen LogP contribution in [0.1, 0.15) is 43.6 Å². The molecular weight excluding hydrogens is 342 g/mol. The second-order valence-corrected chi connectivity index (χ2v) is 6.83. The van der Waals surface area contributed by atoms with E-state index >= 15 is 0 Å². The first-order chi connectivity index (χ1) is 12.8. The lowest BCUT2D eigenvalue weighted by Crippen LogP contribution is -2.34. The SMILES string of the molecule is CC(C)NC(=O)Nc1cccc(C(=O)NCc2ccc(OC(C)C)cc2)c1. The molecule has 0 fully saturated rings. The van der Waals surface area contributed by atoms with Crippen LogP contribution in [0.2, 0.25) is 0 Å². The Morgan fingerprint density at radius 3 is 2.33 bits per heavy atom. The maximum Gasteiger partial charge on any atom is 0.319 e. The molecule has 0 heterocycles. The van der Waals surface area contributed by atoms with Gasteiger partial charge >= 0.3 is 6.03 Å². The van der Waals surface area contributed by atoms with E-state index in [4.69, 9.17) is 4.74 Å². The summed E-state index contributed by atoms with van der Waals surface area (Å²) in [4.78, 5) is 24.2. The van der Waals surface area contributed by atoms with E-state index in [0.717, 1.165) is 11.3 Å². The van der Waals surface area contributed by atoms with E-state index in [1.807, 2.05) is 52.0 Å². The topological polar surface area (TPSA) is 79.5 Å². The second-order valence-electron chi connectivity index (χ2n) is 6.83. The lowest BCUT2D eigenvalue weighted by atomic mass is 10.1. The summed E-state index contributed by atoms with van der Waals surface area (Å²) in [6.45, 7) is 8.12. The van der Waals surface area contributed by atoms with Crippen LogP contribution in [0.4, 0.5) is 10.5 Å². The second kappa shape index (κ2) is 9.62. The van der Waals surface area contributed by atoms with Crippen molar-refractivity contribution in [2.75, 3.05) is 5.32 Å². The Hall–Kier alpha value is -3.02. The van der Waals surface area contributed by atoms with Gasteiger partial charge in [-0.05, 0) is 63.6 Å². The fraction of sp³-hybridized carbons (Fsp3) is 0.333. The third-order valence-corrected chi connectivity index (χ3v) is 3.55. The Balaban J connectivity index is 1.92. The molecule has 0 aliphatic rings. The summed E-state index contributed by atoms with van der Waals surface area (Å²) >= 11 is 0. The molecule has 2 aromatic rings. The molecule has 0 spiro atoms. The first-order valence-corrected chi connectivity index (χ1v) is 9.05. The molecule has 0 saturated carbocycles. The summed E-state index contributed by atoms with van der Waals surface area (Å²) in [5.41, 5.74) is 2.03. The van der Waals surface area contributed by atoms with Crippen molar-refractivity contribution in [3.05, 3.63) is 59.7 Å². The van der Waals surface area contributed by atoms with Crippen molar-refractivity contribution >= 4 is 17.6 Å². The van der Waals surface area contributed by atoms with Crippen LogP contribution in [0.5, 0.6) is 5.75 Å². The van der Waals surface area contributed by atoms with Crippen LogP contribution < -0.4 is 20.7 Å². The van der Waals surface area contributed by atoms with Gasteiger partial charge in [0.2, 0.25) is 0 Å². The minimum atomic E-state index is -0.300. The molecule has 0 unspecified atom stereocenters. The van der Waals surface area contributed by atoms with E-state index in [-0.39, 0.29) is 24.1 Å². The number of benzene rings is 2. The minimum Gasteiger partial charge on any atom is -0.491 e. The van der Waals surface area contributed by atoms with Crippen LogP contribution in [0.25, 0.3) is 0 Å². The van der Waals surface area contributed by atoms with E-state index in [0.29, 0.717) is 17.8 Å². The third-order valence-electron chi connectivity index (χ3n) is 3.55. The van der Waals surface area contributed by atoms with Crippen molar-refractivity contribution < 1.29 is 14.3 Å². The molecule has 3 amide bonds. The Morgan fingerprint density at radius 2 is 1.70 bits per heavy atom. The van der Waals surface area contributed by atoms with Gasteiger partial charge in [-0.1, -0.05) is 18.2 Å². The molecule has 6 nitrogen and oxygen atoms in total. The fourth-order valence-corrected chi connectivity index (χ4v) is 2.41. The number of hydrogen-bond acceptors (Lipinski definition) is 3. The number of urea groups is 1. The number of carbonyl (C=O) groups is 2. The van der Waals surface area contributed by atoms with Crippen LogP contribution >= 0.6 is 0 Å². The molecule has 2 aromatic carbocycles. The number of nitrogens with one attached hydrogen (secondary N) is 3. The zero-order valence-corrected chi connectivity index (χ0v) is 16.2. The van der Waals surface area contributed by atoms with Gasteiger partial charge in [0.25, 0.3) is 5.91 Å². The molecule has 0 saturated heterocycles. The van der Waals surface area contributed by atoms with Gasteiger partial charge in [0.1, 0.15) is 5.75 Å². The van der Waals surface area contributed by atoms with Crippen molar-refractivity contribution in [1.29, 1.82) is 0 Å². The lowest BCUT2D eigenvalue weighted by molar-refractivity contribution is 0.0951. The van der Waals surface area contributed by atoms with Gasteiger partial charge in [0.05, 0.1) is 6.10 Å². The van der Waals surface area contributed by atoms with Crippen molar-refractivity contribution in [2.24, 2.45) is 0 Å². The largest absolute Gasteiger partial charge is 0.491 e. The molecule has 27 heavy (non-hydrogen) atoms. The summed E-state index contributed by atoms with van der Waals surface area (Å²) in [6, 6.07) is 14.2. The van der Waals surface area contributed by atoms with Gasteiger partial charge in [-0.2, -0.15) is 0 Å². The van der Waals surface area contributed by atoms with Gasteiger partial charge in [-0.25, -0.2) is 4.79 Å². The molecule has 0 aliphatic carbocycles. The van der Waals surface area contributed by atoms with E-state index in [1.165, 1.54) is 0 Å². The minimum absolute atomic E-state index is 0.0359. The van der Waals surface area contributed by atoms with Gasteiger partial charge < -0.3 is 20.7 Å². The van der Waals surface area contributed by atoms with Crippen molar-refractivity contribution in [2.45, 2.75) is 46.4 Å². The first-order valence-electron chi connectivity index (χ1n) is 9.05. The van der Waals surface area contributed by atoms with E-state index in [1.54, 1.807) is 24.3 Å². The highest BCUT2D eigenvalue weighted by Gasteiger charge is 2.08. The van der Waals surface area contributed by atoms with Crippen LogP contribution in [0, 0.1) is 0 Å². The van der Waals surface area contributed by atoms with Crippen LogP contribution in [0.15, 0.2) is 48.5 Å². The maximum absolute atomic E-state index is 12.4. The van der Waals surface area contributed by atoms with Gasteiger partial charge in [0, 0.05) is 23.8 Å². The average molecular weight is 369 g/mol. The highest BCUT2D eigenvalue weighted by atomic mass is 16.5. The molecule has 3 N–H and O–H groups in total. The molecule has 0 radical (unpaired) electrons. The number of anilines is 1. The predicted molar refractivity (Wildman–Crippen MR) is 107 cm³/mol. The Morgan fingerprint density at radius 1 is 1.00 bits per heavy atom. The van der Waals surface area contributed by atoms with Gasteiger partial charge in [-0.3, -0.25) is 4.79 Å². The number of rotatable bonds is 7.